The summed E-state index contributed by atoms with van der Waals surface area (Å²) in [6, 6.07) is 9.38. The first kappa shape index (κ1) is 10.5. The summed E-state index contributed by atoms with van der Waals surface area (Å²) in [5.74, 6) is 0.649. The van der Waals surface area contributed by atoms with E-state index in [1.165, 1.54) is 0 Å². The van der Waals surface area contributed by atoms with E-state index in [0.29, 0.717) is 5.69 Å². The Morgan fingerprint density at radius 1 is 1.11 bits per heavy atom. The van der Waals surface area contributed by atoms with Gasteiger partial charge in [-0.3, -0.25) is 0 Å². The first-order valence-electron chi connectivity index (χ1n) is 5.49. The minimum atomic E-state index is -3.62. The van der Waals surface area contributed by atoms with Gasteiger partial charge in [-0.05, 0) is 12.1 Å². The molecule has 3 heterocycles. The maximum atomic E-state index is 11.9. The molecule has 2 aliphatic rings. The van der Waals surface area contributed by atoms with Crippen LogP contribution in [0.3, 0.4) is 0 Å². The van der Waals surface area contributed by atoms with E-state index < -0.39 is 7.82 Å². The number of phosphoric acid groups is 1. The number of hydrogen-bond acceptors (Lipinski definition) is 7. The summed E-state index contributed by atoms with van der Waals surface area (Å²) >= 11 is 0. The fraction of sp³-hybridized carbons (Fsp3) is 0. The predicted molar refractivity (Wildman–Crippen MR) is 67.9 cm³/mol. The van der Waals surface area contributed by atoms with Crippen LogP contribution < -0.4 is 24.6 Å². The number of pyridine rings is 1. The van der Waals surface area contributed by atoms with Crippen molar-refractivity contribution in [3.05, 3.63) is 30.3 Å². The average molecular weight is 277 g/mol. The Kier molecular flexibility index (Phi) is 1.84. The van der Waals surface area contributed by atoms with Crippen LogP contribution in [0.5, 0.6) is 17.4 Å². The van der Waals surface area contributed by atoms with E-state index in [-0.39, 0.29) is 23.2 Å². The van der Waals surface area contributed by atoms with Gasteiger partial charge in [0.1, 0.15) is 5.69 Å². The summed E-state index contributed by atoms with van der Waals surface area (Å²) in [5, 5.41) is 3.10. The van der Waals surface area contributed by atoms with E-state index >= 15 is 0 Å². The van der Waals surface area contributed by atoms with Crippen molar-refractivity contribution in [2.24, 2.45) is 0 Å². The Hall–Kier alpha value is -2.40. The molecule has 2 aromatic rings. The Bertz CT molecular complexity index is 731. The molecular formula is C11H8N3O4P. The average Bonchev–Trinajstić information content (AvgIpc) is 2.59. The fourth-order valence-corrected chi connectivity index (χ4v) is 3.20. The standard InChI is InChI=1S/C11H8N3O4P/c12-10-8-7(13-6-4-2-1-3-5-6)9-11(14-10)18-19(15,16-8)17-9/h1-5H,(H3,12,13,14). The molecule has 7 nitrogen and oxygen atoms in total. The topological polar surface area (TPSA) is 95.7 Å². The Morgan fingerprint density at radius 3 is 2.63 bits per heavy atom. The van der Waals surface area contributed by atoms with Gasteiger partial charge in [0.05, 0.1) is 0 Å². The predicted octanol–water partition coefficient (Wildman–Crippen LogP) is 2.68. The van der Waals surface area contributed by atoms with Crippen LogP contribution >= 0.6 is 7.82 Å². The molecule has 96 valence electrons. The highest BCUT2D eigenvalue weighted by Crippen LogP contribution is 2.68. The van der Waals surface area contributed by atoms with Gasteiger partial charge in [0.15, 0.2) is 5.82 Å². The van der Waals surface area contributed by atoms with Crippen molar-refractivity contribution in [1.29, 1.82) is 0 Å². The Morgan fingerprint density at radius 2 is 1.84 bits per heavy atom. The number of nitrogen functional groups attached to an aromatic ring is 1. The fourth-order valence-electron chi connectivity index (χ4n) is 1.95. The van der Waals surface area contributed by atoms with Gasteiger partial charge in [-0.15, -0.1) is 0 Å². The molecule has 1 unspecified atom stereocenters. The lowest BCUT2D eigenvalue weighted by molar-refractivity contribution is 0.327. The monoisotopic (exact) mass is 277 g/mol. The van der Waals surface area contributed by atoms with Crippen LogP contribution in [0.25, 0.3) is 0 Å². The number of nitrogens with two attached hydrogens (primary N) is 1. The third-order valence-electron chi connectivity index (χ3n) is 2.75. The third kappa shape index (κ3) is 1.45. The Labute approximate surface area is 107 Å². The lowest BCUT2D eigenvalue weighted by Gasteiger charge is -2.19. The maximum absolute atomic E-state index is 11.9. The highest BCUT2D eigenvalue weighted by Gasteiger charge is 2.50. The van der Waals surface area contributed by atoms with Gasteiger partial charge in [0.25, 0.3) is 5.88 Å². The summed E-state index contributed by atoms with van der Waals surface area (Å²) in [6.07, 6.45) is 0. The SMILES string of the molecule is Nc1nc2c3c(Nc4ccccc4)c1OP(=O)(O2)O3. The Balaban J connectivity index is 1.86. The number of benzene rings is 1. The van der Waals surface area contributed by atoms with Crippen LogP contribution in [0, 0.1) is 0 Å². The summed E-state index contributed by atoms with van der Waals surface area (Å²) in [6.45, 7) is 0. The van der Waals surface area contributed by atoms with E-state index in [0.717, 1.165) is 5.69 Å². The van der Waals surface area contributed by atoms with Crippen molar-refractivity contribution in [2.45, 2.75) is 0 Å². The highest BCUT2D eigenvalue weighted by atomic mass is 31.2. The summed E-state index contributed by atoms with van der Waals surface area (Å²) in [5.41, 5.74) is 7.02. The summed E-state index contributed by atoms with van der Waals surface area (Å²) in [7, 11) is -3.62. The van der Waals surface area contributed by atoms with Crippen LogP contribution in [0.15, 0.2) is 30.3 Å². The number of nitrogens with one attached hydrogen (secondary N) is 1. The summed E-state index contributed by atoms with van der Waals surface area (Å²) < 4.78 is 27.3. The first-order valence-corrected chi connectivity index (χ1v) is 6.95. The molecular weight excluding hydrogens is 269 g/mol. The van der Waals surface area contributed by atoms with E-state index in [1.54, 1.807) is 0 Å². The lowest BCUT2D eigenvalue weighted by Crippen LogP contribution is -2.08. The van der Waals surface area contributed by atoms with Crippen LogP contribution in [-0.2, 0) is 4.57 Å². The van der Waals surface area contributed by atoms with E-state index in [1.807, 2.05) is 30.3 Å². The van der Waals surface area contributed by atoms with E-state index in [4.69, 9.17) is 19.3 Å². The molecule has 3 bridgehead atoms. The number of rotatable bonds is 2. The zero-order chi connectivity index (χ0) is 13.0. The van der Waals surface area contributed by atoms with Crippen molar-refractivity contribution in [1.82, 2.24) is 4.98 Å². The molecule has 0 amide bonds. The second kappa shape index (κ2) is 3.33. The number of hydrogen-bond donors (Lipinski definition) is 2. The quantitative estimate of drug-likeness (QED) is 0.814. The molecule has 0 spiro atoms. The number of phosphoric ester groups is 1. The van der Waals surface area contributed by atoms with Crippen molar-refractivity contribution in [3.8, 4) is 17.4 Å². The largest absolute Gasteiger partial charge is 0.648 e. The van der Waals surface area contributed by atoms with Gasteiger partial charge in [-0.2, -0.15) is 9.55 Å². The van der Waals surface area contributed by atoms with Gasteiger partial charge in [0.2, 0.25) is 11.5 Å². The first-order chi connectivity index (χ1) is 9.15. The molecule has 2 aliphatic heterocycles. The zero-order valence-electron chi connectivity index (χ0n) is 9.49. The van der Waals surface area contributed by atoms with Gasteiger partial charge >= 0.3 is 7.82 Å². The van der Waals surface area contributed by atoms with Gasteiger partial charge in [0, 0.05) is 5.69 Å². The van der Waals surface area contributed by atoms with Crippen LogP contribution in [0.1, 0.15) is 0 Å². The molecule has 4 rings (SSSR count). The lowest BCUT2D eigenvalue weighted by atomic mass is 10.2. The van der Waals surface area contributed by atoms with Gasteiger partial charge < -0.3 is 24.6 Å². The van der Waals surface area contributed by atoms with Crippen LogP contribution in [-0.4, -0.2) is 4.98 Å². The number of anilines is 3. The maximum Gasteiger partial charge on any atom is 0.648 e. The van der Waals surface area contributed by atoms with E-state index in [2.05, 4.69) is 10.3 Å². The molecule has 8 heteroatoms. The van der Waals surface area contributed by atoms with Crippen molar-refractivity contribution in [3.63, 3.8) is 0 Å². The molecule has 0 fully saturated rings. The van der Waals surface area contributed by atoms with E-state index in [9.17, 15) is 4.57 Å². The zero-order valence-corrected chi connectivity index (χ0v) is 10.4. The molecule has 3 N–H and O–H groups in total. The van der Waals surface area contributed by atoms with Gasteiger partial charge in [-0.25, -0.2) is 0 Å². The molecule has 1 aromatic heterocycles. The molecule has 19 heavy (non-hydrogen) atoms. The van der Waals surface area contributed by atoms with Crippen LogP contribution in [0.4, 0.5) is 17.2 Å². The molecule has 1 aromatic carbocycles. The summed E-state index contributed by atoms with van der Waals surface area (Å²) in [4.78, 5) is 3.94. The highest BCUT2D eigenvalue weighted by molar-refractivity contribution is 7.50. The third-order valence-corrected chi connectivity index (χ3v) is 3.96. The van der Waals surface area contributed by atoms with Crippen molar-refractivity contribution < 1.29 is 18.1 Å². The normalized spacial score (nSPS) is 21.5. The number of para-hydroxylation sites is 1. The molecule has 0 aliphatic carbocycles. The molecule has 1 atom stereocenters. The molecule has 0 radical (unpaired) electrons. The van der Waals surface area contributed by atoms with Crippen molar-refractivity contribution in [2.75, 3.05) is 11.1 Å². The number of aromatic nitrogens is 1. The second-order valence-electron chi connectivity index (χ2n) is 4.05. The molecule has 0 saturated carbocycles. The van der Waals surface area contributed by atoms with Crippen molar-refractivity contribution >= 4 is 25.0 Å². The minimum Gasteiger partial charge on any atom is -0.380 e. The molecule has 0 saturated heterocycles. The van der Waals surface area contributed by atoms with Crippen LogP contribution in [0.2, 0.25) is 0 Å². The van der Waals surface area contributed by atoms with Gasteiger partial charge in [-0.1, -0.05) is 18.2 Å². The number of nitrogens with zero attached hydrogens (tertiary/aromatic N) is 1. The minimum absolute atomic E-state index is 0.0838. The smallest absolute Gasteiger partial charge is 0.380 e. The second-order valence-corrected chi connectivity index (χ2v) is 5.49. The number of fused-ring (bicyclic) bond motifs is 2.